The van der Waals surface area contributed by atoms with E-state index in [1.165, 1.54) is 16.0 Å². The second-order valence-electron chi connectivity index (χ2n) is 10.0. The number of rotatable bonds is 6. The molecule has 0 bridgehead atoms. The molecule has 41 heavy (non-hydrogen) atoms. The quantitative estimate of drug-likeness (QED) is 0.209. The number of carbonyl (C=O) groups is 1. The highest BCUT2D eigenvalue weighted by atomic mass is 35.5. The molecule has 6 aromatic rings. The van der Waals surface area contributed by atoms with E-state index in [0.29, 0.717) is 27.6 Å². The normalized spacial score (nSPS) is 13.4. The van der Waals surface area contributed by atoms with E-state index in [4.69, 9.17) is 21.1 Å². The van der Waals surface area contributed by atoms with Gasteiger partial charge >= 0.3 is 0 Å². The first kappa shape index (κ1) is 26.1. The Morgan fingerprint density at radius 3 is 2.63 bits per heavy atom. The summed E-state index contributed by atoms with van der Waals surface area (Å²) in [7, 11) is 0. The lowest BCUT2D eigenvalue weighted by Crippen LogP contribution is -2.29. The summed E-state index contributed by atoms with van der Waals surface area (Å²) in [4.78, 5) is 22.6. The largest absolute Gasteiger partial charge is 0.360 e. The molecule has 1 N–H and O–H groups in total. The molecule has 0 saturated carbocycles. The molecule has 1 aliphatic heterocycles. The van der Waals surface area contributed by atoms with Gasteiger partial charge in [0.1, 0.15) is 27.0 Å². The average Bonchev–Trinajstić information content (AvgIpc) is 3.67. The smallest absolute Gasteiger partial charge is 0.262 e. The number of halogens is 1. The van der Waals surface area contributed by atoms with Crippen molar-refractivity contribution in [1.29, 1.82) is 0 Å². The van der Waals surface area contributed by atoms with E-state index < -0.39 is 0 Å². The van der Waals surface area contributed by atoms with Gasteiger partial charge in [0.25, 0.3) is 5.91 Å². The molecular formula is C32H25ClN4O2S2. The van der Waals surface area contributed by atoms with E-state index in [-0.39, 0.29) is 5.91 Å². The van der Waals surface area contributed by atoms with Crippen LogP contribution in [0.4, 0.5) is 5.00 Å². The number of nitrogens with one attached hydrogen (secondary N) is 1. The summed E-state index contributed by atoms with van der Waals surface area (Å²) in [6, 6.07) is 26.0. The lowest BCUT2D eigenvalue weighted by molar-refractivity contribution is 0.102. The van der Waals surface area contributed by atoms with Gasteiger partial charge in [-0.05, 0) is 42.7 Å². The van der Waals surface area contributed by atoms with E-state index in [0.717, 1.165) is 51.8 Å². The fourth-order valence-corrected chi connectivity index (χ4v) is 7.99. The number of aromatic nitrogens is 2. The summed E-state index contributed by atoms with van der Waals surface area (Å²) in [6.45, 7) is 4.39. The van der Waals surface area contributed by atoms with Gasteiger partial charge in [-0.1, -0.05) is 77.4 Å². The van der Waals surface area contributed by atoms with Crippen molar-refractivity contribution >= 4 is 55.4 Å². The van der Waals surface area contributed by atoms with Gasteiger partial charge in [-0.3, -0.25) is 9.69 Å². The number of benzene rings is 3. The third-order valence-electron chi connectivity index (χ3n) is 7.34. The van der Waals surface area contributed by atoms with Crippen molar-refractivity contribution in [3.8, 4) is 21.8 Å². The first-order valence-corrected chi connectivity index (χ1v) is 15.4. The van der Waals surface area contributed by atoms with Crippen molar-refractivity contribution in [2.24, 2.45) is 0 Å². The molecule has 0 saturated heterocycles. The second-order valence-corrected chi connectivity index (χ2v) is 12.6. The molecule has 0 fully saturated rings. The van der Waals surface area contributed by atoms with Crippen LogP contribution in [0.15, 0.2) is 83.4 Å². The van der Waals surface area contributed by atoms with Crippen LogP contribution in [0, 0.1) is 6.92 Å². The number of hydrogen-bond acceptors (Lipinski definition) is 7. The Kier molecular flexibility index (Phi) is 6.92. The molecule has 1 amide bonds. The lowest BCUT2D eigenvalue weighted by Gasteiger charge is -2.27. The summed E-state index contributed by atoms with van der Waals surface area (Å²) in [6.07, 6.45) is 0.886. The minimum absolute atomic E-state index is 0.277. The number of nitrogens with zero attached hydrogens (tertiary/aromatic N) is 3. The van der Waals surface area contributed by atoms with Gasteiger partial charge in [-0.2, -0.15) is 0 Å². The molecule has 0 atom stereocenters. The van der Waals surface area contributed by atoms with Crippen molar-refractivity contribution in [3.63, 3.8) is 0 Å². The Hall–Kier alpha value is -3.82. The highest BCUT2D eigenvalue weighted by Gasteiger charge is 2.30. The number of thiazole rings is 1. The van der Waals surface area contributed by atoms with Gasteiger partial charge in [0, 0.05) is 35.6 Å². The highest BCUT2D eigenvalue weighted by molar-refractivity contribution is 7.23. The van der Waals surface area contributed by atoms with Gasteiger partial charge in [0.05, 0.1) is 15.2 Å². The standard InChI is InChI=1S/C32H25ClN4O2S2/c1-19-27(29(36-39-19)21-11-5-6-12-23(21)33)30(38)35-32-28(31-34-24-13-7-8-14-25(24)40-31)22-15-16-37(18-26(22)41-32)17-20-9-3-2-4-10-20/h2-14H,15-18H2,1H3,(H,35,38). The van der Waals surface area contributed by atoms with E-state index in [9.17, 15) is 4.79 Å². The van der Waals surface area contributed by atoms with Crippen LogP contribution in [0.25, 0.3) is 32.0 Å². The van der Waals surface area contributed by atoms with Crippen LogP contribution < -0.4 is 5.32 Å². The number of para-hydroxylation sites is 1. The predicted molar refractivity (Wildman–Crippen MR) is 167 cm³/mol. The van der Waals surface area contributed by atoms with E-state index in [1.54, 1.807) is 35.7 Å². The summed E-state index contributed by atoms with van der Waals surface area (Å²) < 4.78 is 6.61. The molecule has 1 aliphatic rings. The van der Waals surface area contributed by atoms with Crippen LogP contribution in [0.1, 0.15) is 32.1 Å². The SMILES string of the molecule is Cc1onc(-c2ccccc2Cl)c1C(=O)Nc1sc2c(c1-c1nc3ccccc3s1)CCN(Cc1ccccc1)C2. The number of aryl methyl sites for hydroxylation is 1. The molecular weight excluding hydrogens is 572 g/mol. The summed E-state index contributed by atoms with van der Waals surface area (Å²) in [5.74, 6) is 0.162. The molecule has 3 aromatic carbocycles. The van der Waals surface area contributed by atoms with Gasteiger partial charge < -0.3 is 9.84 Å². The number of fused-ring (bicyclic) bond motifs is 2. The number of anilines is 1. The molecule has 7 rings (SSSR count). The summed E-state index contributed by atoms with van der Waals surface area (Å²) >= 11 is 9.76. The summed E-state index contributed by atoms with van der Waals surface area (Å²) in [5.41, 5.74) is 6.01. The minimum atomic E-state index is -0.277. The summed E-state index contributed by atoms with van der Waals surface area (Å²) in [5, 5.41) is 9.66. The van der Waals surface area contributed by atoms with Crippen LogP contribution in [-0.2, 0) is 19.5 Å². The number of thiophene rings is 1. The molecule has 9 heteroatoms. The molecule has 0 radical (unpaired) electrons. The number of carbonyl (C=O) groups excluding carboxylic acids is 1. The molecule has 6 nitrogen and oxygen atoms in total. The maximum atomic E-state index is 13.9. The van der Waals surface area contributed by atoms with E-state index in [1.807, 2.05) is 42.5 Å². The first-order valence-electron chi connectivity index (χ1n) is 13.3. The fourth-order valence-electron chi connectivity index (χ4n) is 5.37. The van der Waals surface area contributed by atoms with Gasteiger partial charge in [0.2, 0.25) is 0 Å². The Balaban J connectivity index is 1.27. The molecule has 4 heterocycles. The number of hydrogen-bond donors (Lipinski definition) is 1. The van der Waals surface area contributed by atoms with E-state index in [2.05, 4.69) is 45.7 Å². The topological polar surface area (TPSA) is 71.3 Å². The Morgan fingerprint density at radius 2 is 1.80 bits per heavy atom. The molecule has 204 valence electrons. The van der Waals surface area contributed by atoms with Gasteiger partial charge in [-0.25, -0.2) is 4.98 Å². The van der Waals surface area contributed by atoms with Crippen LogP contribution in [0.5, 0.6) is 0 Å². The van der Waals surface area contributed by atoms with Crippen LogP contribution >= 0.6 is 34.3 Å². The van der Waals surface area contributed by atoms with Crippen LogP contribution in [-0.4, -0.2) is 27.5 Å². The molecule has 0 unspecified atom stereocenters. The minimum Gasteiger partial charge on any atom is -0.360 e. The maximum absolute atomic E-state index is 13.9. The fraction of sp³-hybridized carbons (Fsp3) is 0.156. The predicted octanol–water partition coefficient (Wildman–Crippen LogP) is 8.45. The van der Waals surface area contributed by atoms with Crippen molar-refractivity contribution in [2.75, 3.05) is 11.9 Å². The first-order chi connectivity index (χ1) is 20.0. The third kappa shape index (κ3) is 4.97. The van der Waals surface area contributed by atoms with Crippen molar-refractivity contribution in [2.45, 2.75) is 26.4 Å². The Labute approximate surface area is 250 Å². The van der Waals surface area contributed by atoms with Gasteiger partial charge in [-0.15, -0.1) is 22.7 Å². The van der Waals surface area contributed by atoms with E-state index >= 15 is 0 Å². The monoisotopic (exact) mass is 596 g/mol. The zero-order valence-electron chi connectivity index (χ0n) is 22.2. The zero-order valence-corrected chi connectivity index (χ0v) is 24.6. The average molecular weight is 597 g/mol. The van der Waals surface area contributed by atoms with Crippen LogP contribution in [0.2, 0.25) is 5.02 Å². The van der Waals surface area contributed by atoms with Crippen molar-refractivity contribution in [1.82, 2.24) is 15.0 Å². The highest BCUT2D eigenvalue weighted by Crippen LogP contribution is 2.46. The molecule has 0 aliphatic carbocycles. The Bertz CT molecular complexity index is 1860. The van der Waals surface area contributed by atoms with Crippen LogP contribution in [0.3, 0.4) is 0 Å². The Morgan fingerprint density at radius 1 is 1.02 bits per heavy atom. The second kappa shape index (κ2) is 10.9. The zero-order chi connectivity index (χ0) is 27.9. The van der Waals surface area contributed by atoms with Crippen molar-refractivity contribution in [3.05, 3.63) is 111 Å². The van der Waals surface area contributed by atoms with Crippen molar-refractivity contribution < 1.29 is 9.32 Å². The third-order valence-corrected chi connectivity index (χ3v) is 9.85. The molecule has 0 spiro atoms. The molecule has 3 aromatic heterocycles. The van der Waals surface area contributed by atoms with Gasteiger partial charge in [0.15, 0.2) is 0 Å². The maximum Gasteiger partial charge on any atom is 0.262 e. The lowest BCUT2D eigenvalue weighted by atomic mass is 10.0. The number of amides is 1.